The highest BCUT2D eigenvalue weighted by atomic mass is 16.5. The number of hydrogen-bond acceptors (Lipinski definition) is 5. The smallest absolute Gasteiger partial charge is 0.341 e. The quantitative estimate of drug-likeness (QED) is 0.549. The first-order valence-corrected chi connectivity index (χ1v) is 9.42. The van der Waals surface area contributed by atoms with Gasteiger partial charge in [-0.2, -0.15) is 0 Å². The fourth-order valence-electron chi connectivity index (χ4n) is 3.13. The largest absolute Gasteiger partial charge is 0.490 e. The maximum atomic E-state index is 10.5. The molecule has 0 aliphatic carbocycles. The first kappa shape index (κ1) is 20.6. The number of aliphatic hydroxyl groups excluding tert-OH is 1. The lowest BCUT2D eigenvalue weighted by Gasteiger charge is -2.21. The summed E-state index contributed by atoms with van der Waals surface area (Å²) in [6, 6.07) is 21.1. The van der Waals surface area contributed by atoms with Crippen LogP contribution in [0.4, 0.5) is 0 Å². The van der Waals surface area contributed by atoms with E-state index in [4.69, 9.17) is 14.6 Å². The molecule has 6 nitrogen and oxygen atoms in total. The predicted molar refractivity (Wildman–Crippen MR) is 111 cm³/mol. The molecule has 3 aromatic carbocycles. The van der Waals surface area contributed by atoms with Crippen LogP contribution in [0.2, 0.25) is 0 Å². The Morgan fingerprint density at radius 3 is 2.48 bits per heavy atom. The summed E-state index contributed by atoms with van der Waals surface area (Å²) in [5.74, 6) is 0.276. The van der Waals surface area contributed by atoms with Crippen LogP contribution >= 0.6 is 0 Å². The molecule has 0 aliphatic rings. The van der Waals surface area contributed by atoms with Gasteiger partial charge in [-0.1, -0.05) is 48.5 Å². The molecule has 3 rings (SSSR count). The van der Waals surface area contributed by atoms with Gasteiger partial charge in [-0.3, -0.25) is 4.90 Å². The Bertz CT molecular complexity index is 936. The SMILES string of the molecule is CN(Cc1ccc(OCC(=O)O)cc1)CC(O)COc1cccc2ccccc12. The van der Waals surface area contributed by atoms with Crippen LogP contribution in [0.1, 0.15) is 5.56 Å². The van der Waals surface area contributed by atoms with Crippen LogP contribution in [-0.2, 0) is 11.3 Å². The number of carboxylic acid groups (broad SMARTS) is 1. The Labute approximate surface area is 169 Å². The average Bonchev–Trinajstić information content (AvgIpc) is 2.71. The fraction of sp³-hybridized carbons (Fsp3) is 0.261. The summed E-state index contributed by atoms with van der Waals surface area (Å²) in [5.41, 5.74) is 1.04. The van der Waals surface area contributed by atoms with Gasteiger partial charge in [-0.05, 0) is 36.2 Å². The van der Waals surface area contributed by atoms with Gasteiger partial charge in [0.1, 0.15) is 24.2 Å². The molecular weight excluding hydrogens is 370 g/mol. The van der Waals surface area contributed by atoms with Crippen LogP contribution in [-0.4, -0.2) is 54.0 Å². The highest BCUT2D eigenvalue weighted by Crippen LogP contribution is 2.25. The molecule has 29 heavy (non-hydrogen) atoms. The molecule has 3 aromatic rings. The van der Waals surface area contributed by atoms with E-state index in [0.29, 0.717) is 18.8 Å². The Balaban J connectivity index is 1.47. The second kappa shape index (κ2) is 9.91. The monoisotopic (exact) mass is 395 g/mol. The topological polar surface area (TPSA) is 79.2 Å². The van der Waals surface area contributed by atoms with Crippen LogP contribution < -0.4 is 9.47 Å². The molecule has 152 valence electrons. The molecule has 0 amide bonds. The summed E-state index contributed by atoms with van der Waals surface area (Å²) in [6.07, 6.45) is -0.628. The number of ether oxygens (including phenoxy) is 2. The van der Waals surface area contributed by atoms with Crippen LogP contribution in [0.15, 0.2) is 66.7 Å². The van der Waals surface area contributed by atoms with Crippen molar-refractivity contribution in [2.24, 2.45) is 0 Å². The number of fused-ring (bicyclic) bond motifs is 1. The highest BCUT2D eigenvalue weighted by molar-refractivity contribution is 5.88. The lowest BCUT2D eigenvalue weighted by atomic mass is 10.1. The zero-order valence-corrected chi connectivity index (χ0v) is 16.3. The van der Waals surface area contributed by atoms with Crippen molar-refractivity contribution >= 4 is 16.7 Å². The molecule has 0 saturated carbocycles. The predicted octanol–water partition coefficient (Wildman–Crippen LogP) is 3.17. The van der Waals surface area contributed by atoms with Crippen LogP contribution in [0.25, 0.3) is 10.8 Å². The summed E-state index contributed by atoms with van der Waals surface area (Å²) >= 11 is 0. The van der Waals surface area contributed by atoms with E-state index in [1.54, 1.807) is 12.1 Å². The summed E-state index contributed by atoms with van der Waals surface area (Å²) < 4.78 is 11.0. The minimum atomic E-state index is -1.01. The summed E-state index contributed by atoms with van der Waals surface area (Å²) in [4.78, 5) is 12.5. The Morgan fingerprint density at radius 2 is 1.72 bits per heavy atom. The average molecular weight is 395 g/mol. The van der Waals surface area contributed by atoms with Crippen molar-refractivity contribution in [3.63, 3.8) is 0 Å². The van der Waals surface area contributed by atoms with Crippen molar-refractivity contribution in [2.75, 3.05) is 26.8 Å². The van der Waals surface area contributed by atoms with Crippen LogP contribution in [0.3, 0.4) is 0 Å². The van der Waals surface area contributed by atoms with Crippen molar-refractivity contribution in [1.29, 1.82) is 0 Å². The number of carboxylic acids is 1. The Morgan fingerprint density at radius 1 is 1.00 bits per heavy atom. The Kier molecular flexibility index (Phi) is 7.05. The molecule has 1 atom stereocenters. The lowest BCUT2D eigenvalue weighted by Crippen LogP contribution is -2.32. The van der Waals surface area contributed by atoms with Gasteiger partial charge < -0.3 is 19.7 Å². The molecule has 1 unspecified atom stereocenters. The molecule has 2 N–H and O–H groups in total. The van der Waals surface area contributed by atoms with Gasteiger partial charge in [0.15, 0.2) is 6.61 Å². The van der Waals surface area contributed by atoms with E-state index in [1.807, 2.05) is 66.5 Å². The number of benzene rings is 3. The maximum Gasteiger partial charge on any atom is 0.341 e. The number of aliphatic hydroxyl groups is 1. The van der Waals surface area contributed by atoms with Crippen molar-refractivity contribution < 1.29 is 24.5 Å². The highest BCUT2D eigenvalue weighted by Gasteiger charge is 2.11. The molecule has 0 heterocycles. The third kappa shape index (κ3) is 6.20. The minimum absolute atomic E-state index is 0.209. The van der Waals surface area contributed by atoms with Gasteiger partial charge in [-0.15, -0.1) is 0 Å². The molecule has 0 fully saturated rings. The molecular formula is C23H25NO5. The molecule has 0 spiro atoms. The third-order valence-corrected chi connectivity index (χ3v) is 4.44. The second-order valence-electron chi connectivity index (χ2n) is 6.97. The van der Waals surface area contributed by atoms with Crippen molar-refractivity contribution in [3.8, 4) is 11.5 Å². The number of nitrogens with zero attached hydrogens (tertiary/aromatic N) is 1. The van der Waals surface area contributed by atoms with Crippen LogP contribution in [0.5, 0.6) is 11.5 Å². The van der Waals surface area contributed by atoms with E-state index in [0.717, 1.165) is 22.1 Å². The molecule has 0 bridgehead atoms. The van der Waals surface area contributed by atoms with Crippen molar-refractivity contribution in [2.45, 2.75) is 12.6 Å². The van der Waals surface area contributed by atoms with Crippen molar-refractivity contribution in [3.05, 3.63) is 72.3 Å². The summed E-state index contributed by atoms with van der Waals surface area (Å²) in [6.45, 7) is 0.953. The standard InChI is InChI=1S/C23H25NO5/c1-24(13-17-9-11-20(12-10-17)28-16-23(26)27)14-19(25)15-29-22-8-4-6-18-5-2-3-7-21(18)22/h2-12,19,25H,13-16H2,1H3,(H,26,27). The van der Waals surface area contributed by atoms with E-state index >= 15 is 0 Å². The van der Waals surface area contributed by atoms with Crippen molar-refractivity contribution in [1.82, 2.24) is 4.90 Å². The zero-order valence-electron chi connectivity index (χ0n) is 16.3. The number of likely N-dealkylation sites (N-methyl/N-ethyl adjacent to an activating group) is 1. The molecule has 0 aliphatic heterocycles. The number of aliphatic carboxylic acids is 1. The first-order valence-electron chi connectivity index (χ1n) is 9.42. The fourth-order valence-corrected chi connectivity index (χ4v) is 3.13. The van der Waals surface area contributed by atoms with Gasteiger partial charge in [-0.25, -0.2) is 4.79 Å². The molecule has 0 radical (unpaired) electrons. The molecule has 0 aromatic heterocycles. The first-order chi connectivity index (χ1) is 14.0. The van der Waals surface area contributed by atoms with Gasteiger partial charge in [0.25, 0.3) is 0 Å². The second-order valence-corrected chi connectivity index (χ2v) is 6.97. The van der Waals surface area contributed by atoms with Gasteiger partial charge in [0.2, 0.25) is 0 Å². The minimum Gasteiger partial charge on any atom is -0.490 e. The van der Waals surface area contributed by atoms with Gasteiger partial charge >= 0.3 is 5.97 Å². The maximum absolute atomic E-state index is 10.5. The van der Waals surface area contributed by atoms with E-state index in [-0.39, 0.29) is 13.2 Å². The molecule has 6 heteroatoms. The lowest BCUT2D eigenvalue weighted by molar-refractivity contribution is -0.139. The van der Waals surface area contributed by atoms with E-state index < -0.39 is 12.1 Å². The Hall–Kier alpha value is -3.09. The van der Waals surface area contributed by atoms with E-state index in [9.17, 15) is 9.90 Å². The van der Waals surface area contributed by atoms with E-state index in [2.05, 4.69) is 0 Å². The summed E-state index contributed by atoms with van der Waals surface area (Å²) in [5, 5.41) is 21.1. The van der Waals surface area contributed by atoms with Gasteiger partial charge in [0, 0.05) is 18.5 Å². The van der Waals surface area contributed by atoms with Gasteiger partial charge in [0.05, 0.1) is 0 Å². The van der Waals surface area contributed by atoms with E-state index in [1.165, 1.54) is 0 Å². The number of carbonyl (C=O) groups is 1. The zero-order chi connectivity index (χ0) is 20.6. The summed E-state index contributed by atoms with van der Waals surface area (Å²) in [7, 11) is 1.93. The number of hydrogen-bond donors (Lipinski definition) is 2. The number of rotatable bonds is 10. The molecule has 0 saturated heterocycles. The normalized spacial score (nSPS) is 12.1. The van der Waals surface area contributed by atoms with Crippen LogP contribution in [0, 0.1) is 0 Å². The third-order valence-electron chi connectivity index (χ3n) is 4.44.